The second-order valence-corrected chi connectivity index (χ2v) is 7.86. The molecule has 6 nitrogen and oxygen atoms in total. The summed E-state index contributed by atoms with van der Waals surface area (Å²) in [7, 11) is 1.91. The molecule has 2 saturated heterocycles. The minimum Gasteiger partial charge on any atom is -0.342 e. The van der Waals surface area contributed by atoms with Crippen LogP contribution in [0.2, 0.25) is 5.02 Å². The largest absolute Gasteiger partial charge is 0.342 e. The normalized spacial score (nSPS) is 23.1. The fourth-order valence-electron chi connectivity index (χ4n) is 4.07. The number of anilines is 1. The summed E-state index contributed by atoms with van der Waals surface area (Å²) in [4.78, 5) is 29.1. The highest BCUT2D eigenvalue weighted by Crippen LogP contribution is 2.30. The van der Waals surface area contributed by atoms with Crippen molar-refractivity contribution in [1.29, 1.82) is 0 Å². The summed E-state index contributed by atoms with van der Waals surface area (Å²) in [6.45, 7) is 1.87. The van der Waals surface area contributed by atoms with Gasteiger partial charge in [0.05, 0.1) is 11.6 Å². The molecule has 27 heavy (non-hydrogen) atoms. The SMILES string of the molecule is Cn1ccc([C@H]2CCCN(C(=O)[C@@H]3CC(=O)N(c4ccc(Cl)cc4)C3)C2)n1. The number of halogens is 1. The zero-order valence-corrected chi connectivity index (χ0v) is 16.1. The third kappa shape index (κ3) is 3.72. The lowest BCUT2D eigenvalue weighted by atomic mass is 9.93. The topological polar surface area (TPSA) is 58.4 Å². The van der Waals surface area contributed by atoms with Crippen LogP contribution in [0.15, 0.2) is 36.5 Å². The molecule has 3 heterocycles. The van der Waals surface area contributed by atoms with E-state index in [2.05, 4.69) is 5.10 Å². The van der Waals surface area contributed by atoms with Crippen LogP contribution < -0.4 is 4.90 Å². The summed E-state index contributed by atoms with van der Waals surface area (Å²) in [5.41, 5.74) is 1.84. The van der Waals surface area contributed by atoms with Gasteiger partial charge < -0.3 is 9.80 Å². The van der Waals surface area contributed by atoms with Crippen LogP contribution in [0.5, 0.6) is 0 Å². The van der Waals surface area contributed by atoms with E-state index in [1.165, 1.54) is 0 Å². The maximum Gasteiger partial charge on any atom is 0.228 e. The van der Waals surface area contributed by atoms with Crippen molar-refractivity contribution in [3.05, 3.63) is 47.2 Å². The molecule has 0 bridgehead atoms. The van der Waals surface area contributed by atoms with Crippen LogP contribution in [0.4, 0.5) is 5.69 Å². The molecule has 0 saturated carbocycles. The smallest absolute Gasteiger partial charge is 0.228 e. The van der Waals surface area contributed by atoms with Crippen molar-refractivity contribution < 1.29 is 9.59 Å². The first-order valence-electron chi connectivity index (χ1n) is 9.35. The molecule has 2 amide bonds. The lowest BCUT2D eigenvalue weighted by Crippen LogP contribution is -2.43. The molecule has 0 unspecified atom stereocenters. The van der Waals surface area contributed by atoms with E-state index in [1.807, 2.05) is 36.3 Å². The molecule has 4 rings (SSSR count). The predicted molar refractivity (Wildman–Crippen MR) is 104 cm³/mol. The Labute approximate surface area is 163 Å². The number of benzene rings is 1. The maximum absolute atomic E-state index is 13.1. The van der Waals surface area contributed by atoms with Gasteiger partial charge in [-0.15, -0.1) is 0 Å². The Morgan fingerprint density at radius 1 is 1.19 bits per heavy atom. The lowest BCUT2D eigenvalue weighted by Gasteiger charge is -2.33. The van der Waals surface area contributed by atoms with Crippen molar-refractivity contribution in [3.63, 3.8) is 0 Å². The monoisotopic (exact) mass is 386 g/mol. The fraction of sp³-hybridized carbons (Fsp3) is 0.450. The Hall–Kier alpha value is -2.34. The summed E-state index contributed by atoms with van der Waals surface area (Å²) in [5, 5.41) is 5.13. The molecule has 0 aliphatic carbocycles. The van der Waals surface area contributed by atoms with Gasteiger partial charge in [0.1, 0.15) is 0 Å². The van der Waals surface area contributed by atoms with E-state index in [0.29, 0.717) is 18.1 Å². The first kappa shape index (κ1) is 18.0. The number of carbonyl (C=O) groups excluding carboxylic acids is 2. The summed E-state index contributed by atoms with van der Waals surface area (Å²) in [6, 6.07) is 9.21. The number of likely N-dealkylation sites (tertiary alicyclic amines) is 1. The number of aromatic nitrogens is 2. The number of nitrogens with zero attached hydrogens (tertiary/aromatic N) is 4. The second-order valence-electron chi connectivity index (χ2n) is 7.42. The molecule has 2 aliphatic rings. The Kier molecular flexibility index (Phi) is 4.91. The molecule has 0 N–H and O–H groups in total. The van der Waals surface area contributed by atoms with Crippen LogP contribution in [0.25, 0.3) is 0 Å². The van der Waals surface area contributed by atoms with Gasteiger partial charge in [0, 0.05) is 55.9 Å². The second kappa shape index (κ2) is 7.35. The third-order valence-electron chi connectivity index (χ3n) is 5.50. The fourth-order valence-corrected chi connectivity index (χ4v) is 4.20. The predicted octanol–water partition coefficient (Wildman–Crippen LogP) is 2.83. The Morgan fingerprint density at radius 3 is 2.67 bits per heavy atom. The summed E-state index contributed by atoms with van der Waals surface area (Å²) >= 11 is 5.93. The van der Waals surface area contributed by atoms with Gasteiger partial charge >= 0.3 is 0 Å². The number of aryl methyl sites for hydroxylation is 1. The molecule has 0 spiro atoms. The van der Waals surface area contributed by atoms with E-state index in [4.69, 9.17) is 11.6 Å². The number of carbonyl (C=O) groups is 2. The van der Waals surface area contributed by atoms with Crippen molar-refractivity contribution in [2.45, 2.75) is 25.2 Å². The molecule has 2 aliphatic heterocycles. The van der Waals surface area contributed by atoms with Gasteiger partial charge in [-0.3, -0.25) is 14.3 Å². The summed E-state index contributed by atoms with van der Waals surface area (Å²) in [6.07, 6.45) is 4.22. The summed E-state index contributed by atoms with van der Waals surface area (Å²) in [5.74, 6) is 0.0680. The van der Waals surface area contributed by atoms with Gasteiger partial charge in [-0.25, -0.2) is 0 Å². The van der Waals surface area contributed by atoms with Gasteiger partial charge in [-0.05, 0) is 43.2 Å². The maximum atomic E-state index is 13.1. The molecular formula is C20H23ClN4O2. The van der Waals surface area contributed by atoms with Gasteiger partial charge in [-0.1, -0.05) is 11.6 Å². The van der Waals surface area contributed by atoms with Crippen LogP contribution >= 0.6 is 11.6 Å². The average molecular weight is 387 g/mol. The van der Waals surface area contributed by atoms with Crippen molar-refractivity contribution in [1.82, 2.24) is 14.7 Å². The van der Waals surface area contributed by atoms with Crippen molar-refractivity contribution >= 4 is 29.1 Å². The quantitative estimate of drug-likeness (QED) is 0.815. The standard InChI is InChI=1S/C20H23ClN4O2/c1-23-10-8-18(22-23)14-3-2-9-24(12-14)20(27)15-11-19(26)25(13-15)17-6-4-16(21)5-7-17/h4-8,10,14-15H,2-3,9,11-13H2,1H3/t14-,15+/m0/s1. The molecule has 7 heteroatoms. The minimum absolute atomic E-state index is 0.00559. The number of piperidine rings is 1. The number of hydrogen-bond donors (Lipinski definition) is 0. The number of rotatable bonds is 3. The Morgan fingerprint density at radius 2 is 1.96 bits per heavy atom. The molecule has 0 radical (unpaired) electrons. The van der Waals surface area contributed by atoms with Crippen LogP contribution in [0.3, 0.4) is 0 Å². The zero-order valence-electron chi connectivity index (χ0n) is 15.3. The number of hydrogen-bond acceptors (Lipinski definition) is 3. The van der Waals surface area contributed by atoms with E-state index < -0.39 is 0 Å². The van der Waals surface area contributed by atoms with Gasteiger partial charge in [0.2, 0.25) is 11.8 Å². The van der Waals surface area contributed by atoms with E-state index in [0.717, 1.165) is 30.8 Å². The number of amides is 2. The van der Waals surface area contributed by atoms with Crippen molar-refractivity contribution in [2.75, 3.05) is 24.5 Å². The summed E-state index contributed by atoms with van der Waals surface area (Å²) < 4.78 is 1.80. The van der Waals surface area contributed by atoms with Crippen LogP contribution in [0, 0.1) is 5.92 Å². The van der Waals surface area contributed by atoms with Crippen LogP contribution in [-0.2, 0) is 16.6 Å². The molecule has 2 atom stereocenters. The van der Waals surface area contributed by atoms with Crippen molar-refractivity contribution in [3.8, 4) is 0 Å². The first-order valence-corrected chi connectivity index (χ1v) is 9.73. The van der Waals surface area contributed by atoms with Gasteiger partial charge in [0.25, 0.3) is 0 Å². The van der Waals surface area contributed by atoms with E-state index in [1.54, 1.807) is 21.7 Å². The van der Waals surface area contributed by atoms with E-state index in [9.17, 15) is 9.59 Å². The Balaban J connectivity index is 1.43. The lowest BCUT2D eigenvalue weighted by molar-refractivity contribution is -0.137. The average Bonchev–Trinajstić information content (AvgIpc) is 3.28. The highest BCUT2D eigenvalue weighted by atomic mass is 35.5. The molecule has 2 aromatic rings. The molecule has 2 fully saturated rings. The Bertz CT molecular complexity index is 848. The molecule has 1 aromatic heterocycles. The minimum atomic E-state index is -0.282. The van der Waals surface area contributed by atoms with Crippen LogP contribution in [0.1, 0.15) is 30.9 Å². The van der Waals surface area contributed by atoms with Crippen molar-refractivity contribution in [2.24, 2.45) is 13.0 Å². The molecule has 142 valence electrons. The van der Waals surface area contributed by atoms with Crippen LogP contribution in [-0.4, -0.2) is 46.1 Å². The first-order chi connectivity index (χ1) is 13.0. The highest BCUT2D eigenvalue weighted by Gasteiger charge is 2.38. The van der Waals surface area contributed by atoms with Gasteiger partial charge in [0.15, 0.2) is 0 Å². The highest BCUT2D eigenvalue weighted by molar-refractivity contribution is 6.30. The third-order valence-corrected chi connectivity index (χ3v) is 5.75. The molecule has 1 aromatic carbocycles. The zero-order chi connectivity index (χ0) is 19.0. The van der Waals surface area contributed by atoms with E-state index >= 15 is 0 Å². The van der Waals surface area contributed by atoms with E-state index in [-0.39, 0.29) is 30.1 Å². The molecular weight excluding hydrogens is 364 g/mol. The van der Waals surface area contributed by atoms with Gasteiger partial charge in [-0.2, -0.15) is 5.10 Å².